The molecule has 74 valence electrons. The Hall–Kier alpha value is -0.770. The van der Waals surface area contributed by atoms with Gasteiger partial charge in [-0.25, -0.2) is 4.31 Å². The molecule has 1 saturated heterocycles. The van der Waals surface area contributed by atoms with Crippen molar-refractivity contribution in [3.8, 4) is 0 Å². The number of nitrogens with zero attached hydrogens (tertiary/aromatic N) is 1. The first-order chi connectivity index (χ1) is 6.74. The Labute approximate surface area is 86.7 Å². The van der Waals surface area contributed by atoms with Crippen LogP contribution in [0.2, 0.25) is 0 Å². The fraction of sp³-hybridized carbons (Fsp3) is 0.600. The first kappa shape index (κ1) is 8.53. The monoisotopic (exact) mass is 209 g/mol. The molecule has 2 aliphatic carbocycles. The molecule has 0 radical (unpaired) electrons. The van der Waals surface area contributed by atoms with Crippen LogP contribution in [-0.4, -0.2) is 22.4 Å². The second-order valence-corrected chi connectivity index (χ2v) is 4.88. The van der Waals surface area contributed by atoms with Gasteiger partial charge in [0.25, 0.3) is 0 Å². The Morgan fingerprint density at radius 1 is 1.21 bits per heavy atom. The third-order valence-electron chi connectivity index (χ3n) is 3.61. The smallest absolute Gasteiger partial charge is 0.243 e. The topological polar surface area (TPSA) is 37.4 Å². The van der Waals surface area contributed by atoms with Gasteiger partial charge in [-0.05, 0) is 30.2 Å². The van der Waals surface area contributed by atoms with Gasteiger partial charge in [0.2, 0.25) is 11.8 Å². The highest BCUT2D eigenvalue weighted by atomic mass is 32.2. The molecular formula is C10H11NO2S. The Kier molecular flexibility index (Phi) is 1.60. The molecule has 14 heavy (non-hydrogen) atoms. The maximum absolute atomic E-state index is 11.9. The van der Waals surface area contributed by atoms with Crippen molar-refractivity contribution in [1.29, 1.82) is 0 Å². The number of fused-ring (bicyclic) bond motifs is 5. The summed E-state index contributed by atoms with van der Waals surface area (Å²) in [5.74, 6) is 0.654. The highest BCUT2D eigenvalue weighted by Gasteiger charge is 2.59. The standard InChI is InChI=1S/C10H11NO2S/c1-14-11-9(12)7-5-2-3-6(4-5)8(7)10(11)13/h2-3,5-8H,4H2,1H3. The summed E-state index contributed by atoms with van der Waals surface area (Å²) in [5, 5.41) is 0. The average Bonchev–Trinajstić information content (AvgIpc) is 2.80. The summed E-state index contributed by atoms with van der Waals surface area (Å²) in [4.78, 5) is 23.7. The lowest BCUT2D eigenvalue weighted by Gasteiger charge is -2.14. The van der Waals surface area contributed by atoms with Crippen LogP contribution in [0.15, 0.2) is 12.2 Å². The maximum atomic E-state index is 11.9. The van der Waals surface area contributed by atoms with Crippen molar-refractivity contribution >= 4 is 23.8 Å². The fourth-order valence-electron chi connectivity index (χ4n) is 3.05. The van der Waals surface area contributed by atoms with Gasteiger partial charge in [-0.3, -0.25) is 9.59 Å². The van der Waals surface area contributed by atoms with E-state index in [0.717, 1.165) is 6.42 Å². The lowest BCUT2D eigenvalue weighted by Crippen LogP contribution is -2.25. The van der Waals surface area contributed by atoms with Gasteiger partial charge in [-0.1, -0.05) is 12.2 Å². The van der Waals surface area contributed by atoms with Crippen LogP contribution in [0.5, 0.6) is 0 Å². The van der Waals surface area contributed by atoms with E-state index in [4.69, 9.17) is 0 Å². The number of carbonyl (C=O) groups is 2. The number of hydrogen-bond acceptors (Lipinski definition) is 3. The molecule has 3 aliphatic rings. The summed E-state index contributed by atoms with van der Waals surface area (Å²) in [7, 11) is 0. The van der Waals surface area contributed by atoms with Crippen molar-refractivity contribution in [3.05, 3.63) is 12.2 Å². The van der Waals surface area contributed by atoms with Crippen LogP contribution in [0, 0.1) is 23.7 Å². The highest BCUT2D eigenvalue weighted by Crippen LogP contribution is 2.53. The summed E-state index contributed by atoms with van der Waals surface area (Å²) in [5.41, 5.74) is 0. The predicted molar refractivity (Wildman–Crippen MR) is 53.1 cm³/mol. The summed E-state index contributed by atoms with van der Waals surface area (Å²) >= 11 is 1.24. The molecule has 4 atom stereocenters. The molecule has 2 bridgehead atoms. The Balaban J connectivity index is 2.02. The number of amides is 2. The van der Waals surface area contributed by atoms with Crippen molar-refractivity contribution < 1.29 is 9.59 Å². The lowest BCUT2D eigenvalue weighted by atomic mass is 9.85. The van der Waals surface area contributed by atoms with Crippen LogP contribution in [0.25, 0.3) is 0 Å². The molecule has 1 heterocycles. The van der Waals surface area contributed by atoms with E-state index in [1.54, 1.807) is 6.26 Å². The number of rotatable bonds is 1. The third kappa shape index (κ3) is 0.804. The van der Waals surface area contributed by atoms with E-state index in [1.165, 1.54) is 16.3 Å². The van der Waals surface area contributed by atoms with Gasteiger partial charge in [-0.2, -0.15) is 0 Å². The maximum Gasteiger partial charge on any atom is 0.243 e. The van der Waals surface area contributed by atoms with Gasteiger partial charge in [0.05, 0.1) is 11.8 Å². The molecule has 0 aromatic heterocycles. The summed E-state index contributed by atoms with van der Waals surface area (Å²) < 4.78 is 1.35. The van der Waals surface area contributed by atoms with Gasteiger partial charge in [-0.15, -0.1) is 0 Å². The molecule has 1 aliphatic heterocycles. The van der Waals surface area contributed by atoms with Gasteiger partial charge in [0.1, 0.15) is 0 Å². The Bertz CT molecular complexity index is 322. The molecular weight excluding hydrogens is 198 g/mol. The van der Waals surface area contributed by atoms with E-state index in [0.29, 0.717) is 11.8 Å². The fourth-order valence-corrected chi connectivity index (χ4v) is 3.66. The molecule has 1 saturated carbocycles. The normalized spacial score (nSPS) is 43.9. The molecule has 0 N–H and O–H groups in total. The SMILES string of the molecule is CSN1C(=O)C2C3C=CC(C3)C2C1=O. The van der Waals surface area contributed by atoms with Crippen molar-refractivity contribution in [2.45, 2.75) is 6.42 Å². The molecule has 2 amide bonds. The largest absolute Gasteiger partial charge is 0.273 e. The lowest BCUT2D eigenvalue weighted by molar-refractivity contribution is -0.134. The van der Waals surface area contributed by atoms with Gasteiger partial charge >= 0.3 is 0 Å². The third-order valence-corrected chi connectivity index (χ3v) is 4.34. The number of carbonyl (C=O) groups excluding carboxylic acids is 2. The van der Waals surface area contributed by atoms with Crippen LogP contribution in [0.3, 0.4) is 0 Å². The van der Waals surface area contributed by atoms with Crippen molar-refractivity contribution in [3.63, 3.8) is 0 Å². The molecule has 2 fully saturated rings. The second-order valence-electron chi connectivity index (χ2n) is 4.15. The molecule has 0 aromatic carbocycles. The first-order valence-corrected chi connectivity index (χ1v) is 6.02. The quantitative estimate of drug-likeness (QED) is 0.368. The van der Waals surface area contributed by atoms with Crippen molar-refractivity contribution in [2.24, 2.45) is 23.7 Å². The highest BCUT2D eigenvalue weighted by molar-refractivity contribution is 7.97. The molecule has 0 spiro atoms. The zero-order chi connectivity index (χ0) is 9.87. The minimum absolute atomic E-state index is 0.0318. The van der Waals surface area contributed by atoms with Crippen LogP contribution < -0.4 is 0 Å². The van der Waals surface area contributed by atoms with Crippen LogP contribution in [0.4, 0.5) is 0 Å². The van der Waals surface area contributed by atoms with E-state index in [-0.39, 0.29) is 23.7 Å². The van der Waals surface area contributed by atoms with Gasteiger partial charge < -0.3 is 0 Å². The van der Waals surface area contributed by atoms with Crippen molar-refractivity contribution in [2.75, 3.05) is 6.26 Å². The number of allylic oxidation sites excluding steroid dienone is 2. The van der Waals surface area contributed by atoms with E-state index in [1.807, 2.05) is 0 Å². The van der Waals surface area contributed by atoms with Crippen LogP contribution >= 0.6 is 11.9 Å². The van der Waals surface area contributed by atoms with Gasteiger partial charge in [0.15, 0.2) is 0 Å². The average molecular weight is 209 g/mol. The van der Waals surface area contributed by atoms with Crippen LogP contribution in [0.1, 0.15) is 6.42 Å². The predicted octanol–water partition coefficient (Wildman–Crippen LogP) is 1.07. The molecule has 3 rings (SSSR count). The Morgan fingerprint density at radius 2 is 1.71 bits per heavy atom. The number of hydrogen-bond donors (Lipinski definition) is 0. The molecule has 4 heteroatoms. The van der Waals surface area contributed by atoms with Gasteiger partial charge in [0, 0.05) is 6.26 Å². The van der Waals surface area contributed by atoms with Crippen molar-refractivity contribution in [1.82, 2.24) is 4.31 Å². The van der Waals surface area contributed by atoms with E-state index >= 15 is 0 Å². The first-order valence-electron chi connectivity index (χ1n) is 4.84. The summed E-state index contributed by atoms with van der Waals surface area (Å²) in [6, 6.07) is 0. The molecule has 4 unspecified atom stereocenters. The minimum atomic E-state index is -0.0371. The summed E-state index contributed by atoms with van der Waals surface area (Å²) in [6.45, 7) is 0. The second kappa shape index (κ2) is 2.63. The van der Waals surface area contributed by atoms with E-state index in [9.17, 15) is 9.59 Å². The van der Waals surface area contributed by atoms with E-state index in [2.05, 4.69) is 12.2 Å². The molecule has 3 nitrogen and oxygen atoms in total. The zero-order valence-corrected chi connectivity index (χ0v) is 8.66. The Morgan fingerprint density at radius 3 is 2.14 bits per heavy atom. The van der Waals surface area contributed by atoms with E-state index < -0.39 is 0 Å². The zero-order valence-electron chi connectivity index (χ0n) is 7.84. The minimum Gasteiger partial charge on any atom is -0.273 e. The molecule has 0 aromatic rings. The number of imide groups is 1. The van der Waals surface area contributed by atoms with Crippen LogP contribution in [-0.2, 0) is 9.59 Å². The summed E-state index contributed by atoms with van der Waals surface area (Å²) in [6.07, 6.45) is 7.02.